The van der Waals surface area contributed by atoms with Gasteiger partial charge in [-0.25, -0.2) is 4.98 Å². The second-order valence-corrected chi connectivity index (χ2v) is 6.13. The number of nitrogens with one attached hydrogen (secondary N) is 1. The number of piperidine rings is 1. The van der Waals surface area contributed by atoms with Gasteiger partial charge in [0.15, 0.2) is 10.8 Å². The lowest BCUT2D eigenvalue weighted by atomic mass is 10.0. The van der Waals surface area contributed by atoms with Crippen molar-refractivity contribution in [1.29, 1.82) is 0 Å². The van der Waals surface area contributed by atoms with E-state index >= 15 is 0 Å². The van der Waals surface area contributed by atoms with Gasteiger partial charge in [-0.05, 0) is 32.7 Å². The van der Waals surface area contributed by atoms with Gasteiger partial charge >= 0.3 is 0 Å². The van der Waals surface area contributed by atoms with Gasteiger partial charge < -0.3 is 10.2 Å². The Hall–Kier alpha value is -1.07. The Morgan fingerprint density at radius 2 is 2.37 bits per heavy atom. The second kappa shape index (κ2) is 5.51. The molecule has 5 heteroatoms. The molecule has 19 heavy (non-hydrogen) atoms. The minimum atomic E-state index is 0.610. The van der Waals surface area contributed by atoms with Crippen LogP contribution in [-0.2, 0) is 6.54 Å². The highest BCUT2D eigenvalue weighted by molar-refractivity contribution is 7.15. The number of hydrogen-bond acceptors (Lipinski definition) is 4. The van der Waals surface area contributed by atoms with Crippen LogP contribution in [0.2, 0.25) is 0 Å². The summed E-state index contributed by atoms with van der Waals surface area (Å²) >= 11 is 1.72. The Balaban J connectivity index is 1.98. The summed E-state index contributed by atoms with van der Waals surface area (Å²) in [5.41, 5.74) is 1.31. The molecule has 0 aromatic carbocycles. The van der Waals surface area contributed by atoms with Gasteiger partial charge in [-0.3, -0.25) is 4.40 Å². The fourth-order valence-corrected chi connectivity index (χ4v) is 3.60. The summed E-state index contributed by atoms with van der Waals surface area (Å²) in [5, 5.41) is 5.56. The third kappa shape index (κ3) is 2.37. The molecule has 1 N–H and O–H groups in total. The fraction of sp³-hybridized carbons (Fsp3) is 0.643. The van der Waals surface area contributed by atoms with Crippen molar-refractivity contribution in [2.24, 2.45) is 0 Å². The molecule has 4 nitrogen and oxygen atoms in total. The third-order valence-corrected chi connectivity index (χ3v) is 4.71. The van der Waals surface area contributed by atoms with Crippen molar-refractivity contribution in [1.82, 2.24) is 14.7 Å². The van der Waals surface area contributed by atoms with Gasteiger partial charge in [0.25, 0.3) is 0 Å². The molecule has 0 bridgehead atoms. The van der Waals surface area contributed by atoms with E-state index in [-0.39, 0.29) is 0 Å². The lowest BCUT2D eigenvalue weighted by Crippen LogP contribution is -2.38. The number of hydrogen-bond donors (Lipinski definition) is 1. The van der Waals surface area contributed by atoms with Crippen LogP contribution in [0, 0.1) is 0 Å². The molecule has 104 valence electrons. The van der Waals surface area contributed by atoms with E-state index in [9.17, 15) is 0 Å². The molecule has 1 aliphatic rings. The Labute approximate surface area is 118 Å². The monoisotopic (exact) mass is 278 g/mol. The fourth-order valence-electron chi connectivity index (χ4n) is 2.87. The van der Waals surface area contributed by atoms with Gasteiger partial charge in [0.05, 0.1) is 5.69 Å². The van der Waals surface area contributed by atoms with E-state index in [1.54, 1.807) is 11.3 Å². The van der Waals surface area contributed by atoms with E-state index in [1.807, 2.05) is 0 Å². The Bertz CT molecular complexity index is 545. The van der Waals surface area contributed by atoms with E-state index < -0.39 is 0 Å². The Morgan fingerprint density at radius 3 is 3.16 bits per heavy atom. The summed E-state index contributed by atoms with van der Waals surface area (Å²) in [6, 6.07) is 0.610. The van der Waals surface area contributed by atoms with Crippen molar-refractivity contribution in [3.63, 3.8) is 0 Å². The first-order chi connectivity index (χ1) is 9.31. The van der Waals surface area contributed by atoms with Crippen molar-refractivity contribution >= 4 is 22.1 Å². The standard InChI is InChI=1S/C14H22N4S/c1-3-15-10-12-13(16-14-18(12)8-9-19-14)17-7-5-4-6-11(17)2/h8-9,11,15H,3-7,10H2,1-2H3. The molecule has 0 amide bonds. The molecule has 1 saturated heterocycles. The first-order valence-electron chi connectivity index (χ1n) is 7.23. The minimum absolute atomic E-state index is 0.610. The minimum Gasteiger partial charge on any atom is -0.352 e. The summed E-state index contributed by atoms with van der Waals surface area (Å²) in [6.45, 7) is 7.50. The molecule has 0 radical (unpaired) electrons. The van der Waals surface area contributed by atoms with Gasteiger partial charge in [-0.1, -0.05) is 6.92 Å². The molecule has 1 aliphatic heterocycles. The van der Waals surface area contributed by atoms with Crippen molar-refractivity contribution in [2.75, 3.05) is 18.0 Å². The highest BCUT2D eigenvalue weighted by atomic mass is 32.1. The van der Waals surface area contributed by atoms with Crippen LogP contribution >= 0.6 is 11.3 Å². The second-order valence-electron chi connectivity index (χ2n) is 5.26. The molecule has 3 heterocycles. The first kappa shape index (κ1) is 12.9. The zero-order chi connectivity index (χ0) is 13.2. The molecule has 0 aliphatic carbocycles. The predicted molar refractivity (Wildman–Crippen MR) is 81.1 cm³/mol. The predicted octanol–water partition coefficient (Wildman–Crippen LogP) is 2.88. The number of rotatable bonds is 4. The van der Waals surface area contributed by atoms with E-state index in [0.29, 0.717) is 6.04 Å². The molecule has 2 aromatic heterocycles. The summed E-state index contributed by atoms with van der Waals surface area (Å²) in [4.78, 5) is 8.47. The molecule has 0 saturated carbocycles. The number of imidazole rings is 1. The summed E-state index contributed by atoms with van der Waals surface area (Å²) in [5.74, 6) is 1.19. The van der Waals surface area contributed by atoms with Gasteiger partial charge in [0.1, 0.15) is 0 Å². The molecule has 0 spiro atoms. The maximum atomic E-state index is 4.87. The van der Waals surface area contributed by atoms with Crippen molar-refractivity contribution in [3.05, 3.63) is 17.3 Å². The number of nitrogens with zero attached hydrogens (tertiary/aromatic N) is 3. The van der Waals surface area contributed by atoms with Crippen LogP contribution in [0.5, 0.6) is 0 Å². The number of thiazole rings is 1. The van der Waals surface area contributed by atoms with Gasteiger partial charge in [0.2, 0.25) is 0 Å². The van der Waals surface area contributed by atoms with E-state index in [4.69, 9.17) is 4.98 Å². The van der Waals surface area contributed by atoms with E-state index in [1.165, 1.54) is 30.8 Å². The maximum absolute atomic E-state index is 4.87. The SMILES string of the molecule is CCNCc1c(N2CCCCC2C)nc2sccn12. The third-order valence-electron chi connectivity index (χ3n) is 3.96. The zero-order valence-electron chi connectivity index (χ0n) is 11.7. The van der Waals surface area contributed by atoms with Crippen LogP contribution in [0.1, 0.15) is 38.8 Å². The van der Waals surface area contributed by atoms with Gasteiger partial charge in [-0.2, -0.15) is 0 Å². The van der Waals surface area contributed by atoms with E-state index in [0.717, 1.165) is 24.6 Å². The quantitative estimate of drug-likeness (QED) is 0.933. The summed E-state index contributed by atoms with van der Waals surface area (Å²) in [7, 11) is 0. The Morgan fingerprint density at radius 1 is 1.47 bits per heavy atom. The smallest absolute Gasteiger partial charge is 0.195 e. The van der Waals surface area contributed by atoms with Crippen LogP contribution in [0.25, 0.3) is 4.96 Å². The van der Waals surface area contributed by atoms with E-state index in [2.05, 4.69) is 40.0 Å². The highest BCUT2D eigenvalue weighted by Gasteiger charge is 2.24. The lowest BCUT2D eigenvalue weighted by Gasteiger charge is -2.34. The van der Waals surface area contributed by atoms with Gasteiger partial charge in [-0.15, -0.1) is 11.3 Å². The van der Waals surface area contributed by atoms with Crippen LogP contribution in [-0.4, -0.2) is 28.5 Å². The van der Waals surface area contributed by atoms with Crippen LogP contribution in [0.4, 0.5) is 5.82 Å². The first-order valence-corrected chi connectivity index (χ1v) is 8.11. The summed E-state index contributed by atoms with van der Waals surface area (Å²) in [6.07, 6.45) is 6.06. The average molecular weight is 278 g/mol. The lowest BCUT2D eigenvalue weighted by molar-refractivity contribution is 0.480. The topological polar surface area (TPSA) is 32.6 Å². The number of fused-ring (bicyclic) bond motifs is 1. The molecule has 1 unspecified atom stereocenters. The van der Waals surface area contributed by atoms with Crippen molar-refractivity contribution in [3.8, 4) is 0 Å². The largest absolute Gasteiger partial charge is 0.352 e. The van der Waals surface area contributed by atoms with Crippen molar-refractivity contribution in [2.45, 2.75) is 45.7 Å². The summed E-state index contributed by atoms with van der Waals surface area (Å²) < 4.78 is 2.24. The van der Waals surface area contributed by atoms with Crippen molar-refractivity contribution < 1.29 is 0 Å². The molecule has 3 rings (SSSR count). The normalized spacial score (nSPS) is 20.3. The molecule has 1 fully saturated rings. The van der Waals surface area contributed by atoms with Crippen LogP contribution in [0.3, 0.4) is 0 Å². The van der Waals surface area contributed by atoms with Crippen LogP contribution < -0.4 is 10.2 Å². The van der Waals surface area contributed by atoms with Gasteiger partial charge in [0, 0.05) is 30.7 Å². The molecule has 1 atom stereocenters. The molecule has 2 aromatic rings. The highest BCUT2D eigenvalue weighted by Crippen LogP contribution is 2.29. The zero-order valence-corrected chi connectivity index (χ0v) is 12.5. The Kier molecular flexibility index (Phi) is 3.75. The number of anilines is 1. The van der Waals surface area contributed by atoms with Crippen LogP contribution in [0.15, 0.2) is 11.6 Å². The maximum Gasteiger partial charge on any atom is 0.195 e. The molecular formula is C14H22N4S. The number of aromatic nitrogens is 2. The molecular weight excluding hydrogens is 256 g/mol. The average Bonchev–Trinajstić information content (AvgIpc) is 2.98.